The second kappa shape index (κ2) is 7.23. The Morgan fingerprint density at radius 3 is 2.30 bits per heavy atom. The Kier molecular flexibility index (Phi) is 4.99. The van der Waals surface area contributed by atoms with Crippen LogP contribution in [0.25, 0.3) is 0 Å². The second-order valence-electron chi connectivity index (χ2n) is 6.96. The maximum atomic E-state index is 13.4. The summed E-state index contributed by atoms with van der Waals surface area (Å²) in [6, 6.07) is 16.2. The number of carbonyl (C=O) groups is 3. The highest BCUT2D eigenvalue weighted by molar-refractivity contribution is 6.12. The minimum absolute atomic E-state index is 0.105. The third-order valence-electron chi connectivity index (χ3n) is 4.60. The van der Waals surface area contributed by atoms with Gasteiger partial charge in [-0.1, -0.05) is 36.4 Å². The van der Waals surface area contributed by atoms with Gasteiger partial charge in [0.25, 0.3) is 5.91 Å². The number of benzene rings is 2. The van der Waals surface area contributed by atoms with Gasteiger partial charge in [-0.15, -0.1) is 0 Å². The van der Waals surface area contributed by atoms with Gasteiger partial charge in [0.1, 0.15) is 0 Å². The molecule has 1 aliphatic rings. The van der Waals surface area contributed by atoms with Gasteiger partial charge < -0.3 is 15.5 Å². The van der Waals surface area contributed by atoms with Gasteiger partial charge in [0.05, 0.1) is 12.1 Å². The maximum absolute atomic E-state index is 13.4. The fraction of sp³-hybridized carbons (Fsp3) is 0.286. The summed E-state index contributed by atoms with van der Waals surface area (Å²) in [6.07, 6.45) is -0.180. The minimum Gasteiger partial charge on any atom is -0.338 e. The molecule has 0 saturated carbocycles. The van der Waals surface area contributed by atoms with E-state index in [1.54, 1.807) is 23.1 Å². The summed E-state index contributed by atoms with van der Waals surface area (Å²) < 4.78 is 0. The van der Waals surface area contributed by atoms with Crippen LogP contribution >= 0.6 is 0 Å². The number of para-hydroxylation sites is 2. The Labute approximate surface area is 158 Å². The van der Waals surface area contributed by atoms with Crippen LogP contribution in [-0.4, -0.2) is 23.8 Å². The van der Waals surface area contributed by atoms with Crippen molar-refractivity contribution < 1.29 is 14.4 Å². The number of anilines is 2. The van der Waals surface area contributed by atoms with Crippen molar-refractivity contribution in [1.82, 2.24) is 5.32 Å². The van der Waals surface area contributed by atoms with E-state index in [9.17, 15) is 14.4 Å². The topological polar surface area (TPSA) is 78.5 Å². The highest BCUT2D eigenvalue weighted by atomic mass is 16.2. The van der Waals surface area contributed by atoms with Gasteiger partial charge in [0, 0.05) is 24.2 Å². The molecule has 2 aromatic rings. The molecule has 6 nitrogen and oxygen atoms in total. The summed E-state index contributed by atoms with van der Waals surface area (Å²) in [5.41, 5.74) is 0.590. The van der Waals surface area contributed by atoms with Crippen molar-refractivity contribution in [3.8, 4) is 0 Å². The van der Waals surface area contributed by atoms with E-state index in [2.05, 4.69) is 10.6 Å². The lowest BCUT2D eigenvalue weighted by Gasteiger charge is -2.30. The first kappa shape index (κ1) is 18.6. The molecule has 1 heterocycles. The SMILES string of the molecule is CC(=O)NC1(CC(=O)Nc2ccccc2)C(=O)N(C(C)C)c2ccccc21. The summed E-state index contributed by atoms with van der Waals surface area (Å²) in [6.45, 7) is 5.16. The number of hydrogen-bond acceptors (Lipinski definition) is 3. The van der Waals surface area contributed by atoms with Gasteiger partial charge in [-0.05, 0) is 32.0 Å². The molecule has 1 atom stereocenters. The first-order chi connectivity index (χ1) is 12.8. The molecule has 0 radical (unpaired) electrons. The molecule has 0 bridgehead atoms. The van der Waals surface area contributed by atoms with Crippen LogP contribution in [0.4, 0.5) is 11.4 Å². The van der Waals surface area contributed by atoms with Crippen LogP contribution < -0.4 is 15.5 Å². The molecule has 0 aromatic heterocycles. The number of hydrogen-bond donors (Lipinski definition) is 2. The van der Waals surface area contributed by atoms with Crippen molar-refractivity contribution in [3.05, 3.63) is 60.2 Å². The van der Waals surface area contributed by atoms with Crippen molar-refractivity contribution in [2.45, 2.75) is 38.8 Å². The summed E-state index contributed by atoms with van der Waals surface area (Å²) in [7, 11) is 0. The van der Waals surface area contributed by atoms with E-state index >= 15 is 0 Å². The van der Waals surface area contributed by atoms with E-state index in [0.29, 0.717) is 11.3 Å². The molecule has 27 heavy (non-hydrogen) atoms. The molecule has 3 amide bonds. The highest BCUT2D eigenvalue weighted by Crippen LogP contribution is 2.43. The normalized spacial score (nSPS) is 18.4. The predicted octanol–water partition coefficient (Wildman–Crippen LogP) is 2.80. The molecule has 0 aliphatic carbocycles. The van der Waals surface area contributed by atoms with Gasteiger partial charge in [-0.25, -0.2) is 0 Å². The molecule has 0 saturated heterocycles. The molecular weight excluding hydrogens is 342 g/mol. The zero-order valence-electron chi connectivity index (χ0n) is 15.7. The molecule has 1 unspecified atom stereocenters. The van der Waals surface area contributed by atoms with E-state index in [0.717, 1.165) is 5.69 Å². The maximum Gasteiger partial charge on any atom is 0.258 e. The van der Waals surface area contributed by atoms with Crippen LogP contribution in [0.15, 0.2) is 54.6 Å². The minimum atomic E-state index is -1.41. The Bertz CT molecular complexity index is 879. The molecular formula is C21H23N3O3. The van der Waals surface area contributed by atoms with Crippen molar-refractivity contribution in [3.63, 3.8) is 0 Å². The lowest BCUT2D eigenvalue weighted by Crippen LogP contribution is -2.55. The number of amides is 3. The van der Waals surface area contributed by atoms with Crippen LogP contribution in [0, 0.1) is 0 Å². The molecule has 0 spiro atoms. The third kappa shape index (κ3) is 3.43. The number of carbonyl (C=O) groups excluding carboxylic acids is 3. The fourth-order valence-electron chi connectivity index (χ4n) is 3.59. The zero-order chi connectivity index (χ0) is 19.6. The van der Waals surface area contributed by atoms with E-state index < -0.39 is 5.54 Å². The molecule has 3 rings (SSSR count). The van der Waals surface area contributed by atoms with E-state index in [1.807, 2.05) is 50.2 Å². The second-order valence-corrected chi connectivity index (χ2v) is 6.96. The third-order valence-corrected chi connectivity index (χ3v) is 4.60. The van der Waals surface area contributed by atoms with Crippen LogP contribution in [0.2, 0.25) is 0 Å². The molecule has 2 aromatic carbocycles. The van der Waals surface area contributed by atoms with Crippen molar-refractivity contribution in [2.24, 2.45) is 0 Å². The first-order valence-corrected chi connectivity index (χ1v) is 8.92. The number of nitrogens with zero attached hydrogens (tertiary/aromatic N) is 1. The summed E-state index contributed by atoms with van der Waals surface area (Å²) in [5, 5.41) is 5.57. The largest absolute Gasteiger partial charge is 0.338 e. The first-order valence-electron chi connectivity index (χ1n) is 8.92. The van der Waals surface area contributed by atoms with Crippen LogP contribution in [0.1, 0.15) is 32.8 Å². The van der Waals surface area contributed by atoms with Crippen molar-refractivity contribution in [1.29, 1.82) is 0 Å². The van der Waals surface area contributed by atoms with Gasteiger partial charge in [-0.2, -0.15) is 0 Å². The lowest BCUT2D eigenvalue weighted by atomic mass is 9.87. The Hall–Kier alpha value is -3.15. The quantitative estimate of drug-likeness (QED) is 0.855. The number of nitrogens with one attached hydrogen (secondary N) is 2. The number of fused-ring (bicyclic) bond motifs is 1. The van der Waals surface area contributed by atoms with Crippen LogP contribution in [0.5, 0.6) is 0 Å². The smallest absolute Gasteiger partial charge is 0.258 e. The molecule has 1 aliphatic heterocycles. The Balaban J connectivity index is 2.01. The van der Waals surface area contributed by atoms with Gasteiger partial charge in [-0.3, -0.25) is 14.4 Å². The summed E-state index contributed by atoms with van der Waals surface area (Å²) in [5.74, 6) is -1.00. The van der Waals surface area contributed by atoms with E-state index in [1.165, 1.54) is 6.92 Å². The van der Waals surface area contributed by atoms with Crippen molar-refractivity contribution in [2.75, 3.05) is 10.2 Å². The average molecular weight is 365 g/mol. The van der Waals surface area contributed by atoms with Gasteiger partial charge >= 0.3 is 0 Å². The van der Waals surface area contributed by atoms with Crippen molar-refractivity contribution >= 4 is 29.1 Å². The van der Waals surface area contributed by atoms with Gasteiger partial charge in [0.2, 0.25) is 11.8 Å². The highest BCUT2D eigenvalue weighted by Gasteiger charge is 2.53. The number of rotatable bonds is 5. The molecule has 140 valence electrons. The average Bonchev–Trinajstić information content (AvgIpc) is 2.84. The van der Waals surface area contributed by atoms with Gasteiger partial charge in [0.15, 0.2) is 5.54 Å². The van der Waals surface area contributed by atoms with Crippen LogP contribution in [0.3, 0.4) is 0 Å². The van der Waals surface area contributed by atoms with E-state index in [4.69, 9.17) is 0 Å². The molecule has 2 N–H and O–H groups in total. The standard InChI is InChI=1S/C21H23N3O3/c1-14(2)24-18-12-8-7-11-17(18)21(20(24)27,23-15(3)25)13-19(26)22-16-9-5-4-6-10-16/h4-12,14H,13H2,1-3H3,(H,22,26)(H,23,25). The van der Waals surface area contributed by atoms with E-state index in [-0.39, 0.29) is 30.2 Å². The fourth-order valence-corrected chi connectivity index (χ4v) is 3.59. The monoisotopic (exact) mass is 365 g/mol. The Morgan fingerprint density at radius 2 is 1.67 bits per heavy atom. The summed E-state index contributed by atoms with van der Waals surface area (Å²) in [4.78, 5) is 39.7. The summed E-state index contributed by atoms with van der Waals surface area (Å²) >= 11 is 0. The predicted molar refractivity (Wildman–Crippen MR) is 104 cm³/mol. The van der Waals surface area contributed by atoms with Crippen LogP contribution in [-0.2, 0) is 19.9 Å². The molecule has 6 heteroatoms. The molecule has 0 fully saturated rings. The lowest BCUT2D eigenvalue weighted by molar-refractivity contribution is -0.133. The Morgan fingerprint density at radius 1 is 1.04 bits per heavy atom. The zero-order valence-corrected chi connectivity index (χ0v) is 15.7.